The SMILES string of the molecule is Cc1onc(-c2ccccc2)c1-c1nnc(COC(=O)Cc2coc3ccc4ccccc4c23)o1. The lowest BCUT2D eigenvalue weighted by Crippen LogP contribution is -2.08. The zero-order chi connectivity index (χ0) is 23.8. The van der Waals surface area contributed by atoms with Gasteiger partial charge in [0.25, 0.3) is 11.8 Å². The van der Waals surface area contributed by atoms with Gasteiger partial charge in [0.1, 0.15) is 22.6 Å². The molecule has 6 aromatic rings. The minimum Gasteiger partial charge on any atom is -0.464 e. The minimum absolute atomic E-state index is 0.0604. The highest BCUT2D eigenvalue weighted by Crippen LogP contribution is 2.33. The molecule has 0 spiro atoms. The van der Waals surface area contributed by atoms with Gasteiger partial charge in [-0.25, -0.2) is 0 Å². The first-order valence-electron chi connectivity index (χ1n) is 11.1. The molecule has 8 heteroatoms. The highest BCUT2D eigenvalue weighted by atomic mass is 16.5. The molecule has 0 aliphatic rings. The smallest absolute Gasteiger partial charge is 0.310 e. The van der Waals surface area contributed by atoms with Gasteiger partial charge in [0.15, 0.2) is 6.61 Å². The van der Waals surface area contributed by atoms with Gasteiger partial charge < -0.3 is 18.1 Å². The van der Waals surface area contributed by atoms with Gasteiger partial charge in [0, 0.05) is 16.5 Å². The van der Waals surface area contributed by atoms with Crippen molar-refractivity contribution >= 4 is 27.7 Å². The summed E-state index contributed by atoms with van der Waals surface area (Å²) in [5, 5.41) is 15.3. The number of carbonyl (C=O) groups excluding carboxylic acids is 1. The Morgan fingerprint density at radius 1 is 0.971 bits per heavy atom. The van der Waals surface area contributed by atoms with Crippen LogP contribution < -0.4 is 0 Å². The molecule has 0 saturated carbocycles. The van der Waals surface area contributed by atoms with Crippen molar-refractivity contribution in [2.75, 3.05) is 0 Å². The van der Waals surface area contributed by atoms with Crippen LogP contribution in [-0.4, -0.2) is 21.3 Å². The first-order valence-corrected chi connectivity index (χ1v) is 11.1. The van der Waals surface area contributed by atoms with Gasteiger partial charge in [-0.05, 0) is 23.8 Å². The van der Waals surface area contributed by atoms with Crippen molar-refractivity contribution in [1.82, 2.24) is 15.4 Å². The van der Waals surface area contributed by atoms with Crippen molar-refractivity contribution in [3.8, 4) is 22.7 Å². The molecule has 3 aromatic carbocycles. The molecule has 0 radical (unpaired) electrons. The van der Waals surface area contributed by atoms with Crippen molar-refractivity contribution in [3.63, 3.8) is 0 Å². The second-order valence-electron chi connectivity index (χ2n) is 8.09. The number of ether oxygens (including phenoxy) is 1. The summed E-state index contributed by atoms with van der Waals surface area (Å²) in [6, 6.07) is 21.5. The molecule has 8 nitrogen and oxygen atoms in total. The van der Waals surface area contributed by atoms with Crippen LogP contribution in [0.1, 0.15) is 17.2 Å². The largest absolute Gasteiger partial charge is 0.464 e. The first kappa shape index (κ1) is 20.9. The highest BCUT2D eigenvalue weighted by Gasteiger charge is 2.22. The Bertz CT molecular complexity index is 1660. The molecule has 0 fully saturated rings. The van der Waals surface area contributed by atoms with Crippen LogP contribution in [0.4, 0.5) is 0 Å². The fourth-order valence-corrected chi connectivity index (χ4v) is 4.18. The first-order chi connectivity index (χ1) is 17.2. The fraction of sp³-hybridized carbons (Fsp3) is 0.111. The zero-order valence-corrected chi connectivity index (χ0v) is 18.7. The lowest BCUT2D eigenvalue weighted by Gasteiger charge is -2.03. The summed E-state index contributed by atoms with van der Waals surface area (Å²) in [4.78, 5) is 12.6. The summed E-state index contributed by atoms with van der Waals surface area (Å²) in [6.45, 7) is 1.63. The van der Waals surface area contributed by atoms with Crippen molar-refractivity contribution < 1.29 is 22.9 Å². The molecule has 0 unspecified atom stereocenters. The van der Waals surface area contributed by atoms with Gasteiger partial charge in [-0.1, -0.05) is 65.8 Å². The molecule has 6 rings (SSSR count). The predicted octanol–water partition coefficient (Wildman–Crippen LogP) is 5.89. The normalized spacial score (nSPS) is 11.3. The lowest BCUT2D eigenvalue weighted by atomic mass is 10.0. The number of hydrogen-bond acceptors (Lipinski definition) is 8. The number of furan rings is 1. The van der Waals surface area contributed by atoms with E-state index in [9.17, 15) is 4.79 Å². The Morgan fingerprint density at radius 3 is 2.69 bits per heavy atom. The molecule has 35 heavy (non-hydrogen) atoms. The molecular formula is C27H19N3O5. The van der Waals surface area contributed by atoms with E-state index in [1.165, 1.54) is 0 Å². The Morgan fingerprint density at radius 2 is 1.80 bits per heavy atom. The van der Waals surface area contributed by atoms with E-state index >= 15 is 0 Å². The molecule has 3 heterocycles. The maximum atomic E-state index is 12.6. The number of fused-ring (bicyclic) bond motifs is 3. The molecule has 0 saturated heterocycles. The van der Waals surface area contributed by atoms with Crippen molar-refractivity contribution in [2.24, 2.45) is 0 Å². The van der Waals surface area contributed by atoms with Crippen LogP contribution in [0.3, 0.4) is 0 Å². The van der Waals surface area contributed by atoms with Crippen LogP contribution in [0.25, 0.3) is 44.5 Å². The average Bonchev–Trinajstić information content (AvgIpc) is 3.62. The number of hydrogen-bond donors (Lipinski definition) is 0. The third kappa shape index (κ3) is 3.85. The van der Waals surface area contributed by atoms with Gasteiger partial charge in [-0.3, -0.25) is 4.79 Å². The highest BCUT2D eigenvalue weighted by molar-refractivity contribution is 6.08. The quantitative estimate of drug-likeness (QED) is 0.281. The number of benzene rings is 3. The second-order valence-corrected chi connectivity index (χ2v) is 8.09. The van der Waals surface area contributed by atoms with E-state index in [0.717, 1.165) is 32.9 Å². The Kier molecular flexibility index (Phi) is 5.11. The molecule has 0 amide bonds. The predicted molar refractivity (Wildman–Crippen MR) is 127 cm³/mol. The Hall–Kier alpha value is -4.72. The molecule has 0 aliphatic heterocycles. The number of aryl methyl sites for hydroxylation is 1. The maximum Gasteiger partial charge on any atom is 0.310 e. The van der Waals surface area contributed by atoms with Crippen LogP contribution in [0, 0.1) is 6.92 Å². The molecule has 0 N–H and O–H groups in total. The fourth-order valence-electron chi connectivity index (χ4n) is 4.18. The van der Waals surface area contributed by atoms with E-state index in [0.29, 0.717) is 17.0 Å². The molecule has 0 bridgehead atoms. The standard InChI is InChI=1S/C27H19N3O5/c1-16-24(26(30-35-16)18-8-3-2-4-9-18)27-29-28-22(34-27)15-33-23(31)13-19-14-32-21-12-11-17-7-5-6-10-20(17)25(19)21/h2-12,14H,13,15H2,1H3. The summed E-state index contributed by atoms with van der Waals surface area (Å²) in [7, 11) is 0. The summed E-state index contributed by atoms with van der Waals surface area (Å²) in [5.74, 6) is 0.554. The lowest BCUT2D eigenvalue weighted by molar-refractivity contribution is -0.144. The van der Waals surface area contributed by atoms with Crippen LogP contribution in [-0.2, 0) is 22.6 Å². The third-order valence-corrected chi connectivity index (χ3v) is 5.82. The van der Waals surface area contributed by atoms with Gasteiger partial charge in [0.05, 0.1) is 12.7 Å². The second kappa shape index (κ2) is 8.57. The van der Waals surface area contributed by atoms with Crippen LogP contribution in [0.2, 0.25) is 0 Å². The molecule has 0 atom stereocenters. The Balaban J connectivity index is 1.19. The van der Waals surface area contributed by atoms with Gasteiger partial charge in [-0.2, -0.15) is 0 Å². The number of nitrogens with zero attached hydrogens (tertiary/aromatic N) is 3. The number of aromatic nitrogens is 3. The third-order valence-electron chi connectivity index (χ3n) is 5.82. The molecule has 172 valence electrons. The average molecular weight is 465 g/mol. The zero-order valence-electron chi connectivity index (χ0n) is 18.7. The maximum absolute atomic E-state index is 12.6. The van der Waals surface area contributed by atoms with Crippen molar-refractivity contribution in [1.29, 1.82) is 0 Å². The van der Waals surface area contributed by atoms with Gasteiger partial charge in [-0.15, -0.1) is 10.2 Å². The summed E-state index contributed by atoms with van der Waals surface area (Å²) >= 11 is 0. The number of rotatable bonds is 6. The van der Waals surface area contributed by atoms with Crippen LogP contribution >= 0.6 is 0 Å². The minimum atomic E-state index is -0.425. The molecule has 0 aliphatic carbocycles. The van der Waals surface area contributed by atoms with E-state index < -0.39 is 5.97 Å². The molecule has 3 aromatic heterocycles. The van der Waals surface area contributed by atoms with Crippen LogP contribution in [0.15, 0.2) is 86.4 Å². The van der Waals surface area contributed by atoms with Gasteiger partial charge >= 0.3 is 5.97 Å². The van der Waals surface area contributed by atoms with Crippen LogP contribution in [0.5, 0.6) is 0 Å². The monoisotopic (exact) mass is 465 g/mol. The van der Waals surface area contributed by atoms with E-state index in [2.05, 4.69) is 15.4 Å². The van der Waals surface area contributed by atoms with Crippen molar-refractivity contribution in [3.05, 3.63) is 90.2 Å². The van der Waals surface area contributed by atoms with E-state index in [1.54, 1.807) is 13.2 Å². The van der Waals surface area contributed by atoms with E-state index in [-0.39, 0.29) is 24.8 Å². The summed E-state index contributed by atoms with van der Waals surface area (Å²) < 4.78 is 22.2. The topological polar surface area (TPSA) is 104 Å². The molecular weight excluding hydrogens is 446 g/mol. The Labute approximate surface area is 199 Å². The van der Waals surface area contributed by atoms with E-state index in [4.69, 9.17) is 18.1 Å². The van der Waals surface area contributed by atoms with Crippen molar-refractivity contribution in [2.45, 2.75) is 20.0 Å². The number of esters is 1. The van der Waals surface area contributed by atoms with E-state index in [1.807, 2.05) is 66.7 Å². The number of carbonyl (C=O) groups is 1. The van der Waals surface area contributed by atoms with Gasteiger partial charge in [0.2, 0.25) is 0 Å². The summed E-state index contributed by atoms with van der Waals surface area (Å²) in [6.07, 6.45) is 1.66. The summed E-state index contributed by atoms with van der Waals surface area (Å²) in [5.41, 5.74) is 3.57.